The molecule has 2 unspecified atom stereocenters. The summed E-state index contributed by atoms with van der Waals surface area (Å²) in [4.78, 5) is 15.8. The van der Waals surface area contributed by atoms with Gasteiger partial charge in [-0.2, -0.15) is 0 Å². The minimum absolute atomic E-state index is 0.317. The van der Waals surface area contributed by atoms with E-state index in [2.05, 4.69) is 23.3 Å². The molecule has 2 aliphatic rings. The fourth-order valence-corrected chi connectivity index (χ4v) is 4.14. The van der Waals surface area contributed by atoms with Crippen LogP contribution in [0.4, 0.5) is 0 Å². The zero-order valence-electron chi connectivity index (χ0n) is 10.3. The predicted octanol–water partition coefficient (Wildman–Crippen LogP) is 3.04. The third-order valence-corrected chi connectivity index (χ3v) is 5.29. The lowest BCUT2D eigenvalue weighted by Gasteiger charge is -2.35. The van der Waals surface area contributed by atoms with Crippen LogP contribution in [0.15, 0.2) is 11.4 Å². The smallest absolute Gasteiger partial charge is 0.137 e. The van der Waals surface area contributed by atoms with Gasteiger partial charge in [-0.3, -0.25) is 9.69 Å². The van der Waals surface area contributed by atoms with Crippen molar-refractivity contribution in [2.45, 2.75) is 38.6 Å². The molecule has 1 saturated carbocycles. The molecule has 0 aromatic carbocycles. The van der Waals surface area contributed by atoms with Crippen molar-refractivity contribution in [2.24, 2.45) is 5.92 Å². The topological polar surface area (TPSA) is 20.3 Å². The third-order valence-electron chi connectivity index (χ3n) is 4.29. The summed E-state index contributed by atoms with van der Waals surface area (Å²) in [6.07, 6.45) is 4.20. The maximum Gasteiger partial charge on any atom is 0.137 e. The van der Waals surface area contributed by atoms with E-state index in [9.17, 15) is 4.79 Å². The van der Waals surface area contributed by atoms with Gasteiger partial charge in [0.15, 0.2) is 0 Å². The van der Waals surface area contributed by atoms with Gasteiger partial charge in [0.1, 0.15) is 5.78 Å². The van der Waals surface area contributed by atoms with Gasteiger partial charge in [0.2, 0.25) is 0 Å². The van der Waals surface area contributed by atoms with E-state index < -0.39 is 0 Å². The van der Waals surface area contributed by atoms with Gasteiger partial charge >= 0.3 is 0 Å². The minimum atomic E-state index is 0.317. The normalized spacial score (nSPS) is 29.6. The Hall–Kier alpha value is -0.670. The van der Waals surface area contributed by atoms with E-state index in [0.717, 1.165) is 38.8 Å². The minimum Gasteiger partial charge on any atom is -0.299 e. The highest BCUT2D eigenvalue weighted by molar-refractivity contribution is 7.10. The molecule has 0 radical (unpaired) electrons. The number of rotatable bonds is 2. The van der Waals surface area contributed by atoms with Crippen LogP contribution in [0.3, 0.4) is 0 Å². The first kappa shape index (κ1) is 11.4. The molecule has 3 rings (SSSR count). The van der Waals surface area contributed by atoms with Gasteiger partial charge in [0, 0.05) is 36.3 Å². The van der Waals surface area contributed by atoms with Gasteiger partial charge < -0.3 is 0 Å². The van der Waals surface area contributed by atoms with Crippen LogP contribution in [0.1, 0.15) is 42.7 Å². The molecule has 2 heterocycles. The summed E-state index contributed by atoms with van der Waals surface area (Å²) in [5.74, 6) is 0.811. The van der Waals surface area contributed by atoms with Gasteiger partial charge in [0.25, 0.3) is 0 Å². The highest BCUT2D eigenvalue weighted by Gasteiger charge is 2.31. The Kier molecular flexibility index (Phi) is 3.05. The lowest BCUT2D eigenvalue weighted by atomic mass is 9.98. The van der Waals surface area contributed by atoms with Crippen molar-refractivity contribution in [1.29, 1.82) is 0 Å². The second-order valence-electron chi connectivity index (χ2n) is 5.28. The summed E-state index contributed by atoms with van der Waals surface area (Å²) in [5, 5.41) is 2.20. The van der Waals surface area contributed by atoms with E-state index in [-0.39, 0.29) is 0 Å². The first-order valence-electron chi connectivity index (χ1n) is 6.58. The number of hydrogen-bond donors (Lipinski definition) is 0. The molecular weight excluding hydrogens is 230 g/mol. The molecule has 1 aliphatic heterocycles. The van der Waals surface area contributed by atoms with E-state index in [1.807, 2.05) is 11.3 Å². The average molecular weight is 249 g/mol. The molecule has 3 heteroatoms. The molecule has 17 heavy (non-hydrogen) atoms. The van der Waals surface area contributed by atoms with Gasteiger partial charge in [-0.05, 0) is 43.2 Å². The van der Waals surface area contributed by atoms with Crippen LogP contribution in [0.2, 0.25) is 0 Å². The summed E-state index contributed by atoms with van der Waals surface area (Å²) in [6.45, 7) is 4.39. The molecule has 2 atom stereocenters. The first-order valence-corrected chi connectivity index (χ1v) is 7.46. The molecule has 0 saturated heterocycles. The number of ketones is 1. The number of Topliss-reactive ketones (excluding diaryl/α,β-unsaturated/α-hetero) is 1. The Morgan fingerprint density at radius 2 is 2.35 bits per heavy atom. The molecular formula is C14H19NOS. The van der Waals surface area contributed by atoms with E-state index in [1.54, 1.807) is 4.88 Å². The van der Waals surface area contributed by atoms with Crippen LogP contribution in [-0.4, -0.2) is 23.8 Å². The van der Waals surface area contributed by atoms with Crippen LogP contribution in [0.25, 0.3) is 0 Å². The molecule has 0 amide bonds. The fourth-order valence-electron chi connectivity index (χ4n) is 3.17. The summed E-state index contributed by atoms with van der Waals surface area (Å²) in [6, 6.07) is 2.76. The first-order chi connectivity index (χ1) is 8.25. The van der Waals surface area contributed by atoms with E-state index in [4.69, 9.17) is 0 Å². The van der Waals surface area contributed by atoms with Crippen molar-refractivity contribution in [3.05, 3.63) is 21.9 Å². The van der Waals surface area contributed by atoms with E-state index >= 15 is 0 Å². The van der Waals surface area contributed by atoms with Gasteiger partial charge in [-0.1, -0.05) is 0 Å². The monoisotopic (exact) mass is 249 g/mol. The molecule has 92 valence electrons. The molecule has 1 aromatic rings. The Morgan fingerprint density at radius 3 is 3.12 bits per heavy atom. The maximum absolute atomic E-state index is 11.7. The van der Waals surface area contributed by atoms with Crippen molar-refractivity contribution in [3.8, 4) is 0 Å². The van der Waals surface area contributed by atoms with Gasteiger partial charge in [-0.25, -0.2) is 0 Å². The van der Waals surface area contributed by atoms with Crippen LogP contribution in [0.5, 0.6) is 0 Å². The van der Waals surface area contributed by atoms with E-state index in [0.29, 0.717) is 17.7 Å². The maximum atomic E-state index is 11.7. The van der Waals surface area contributed by atoms with Crippen LogP contribution in [-0.2, 0) is 11.2 Å². The fraction of sp³-hybridized carbons (Fsp3) is 0.643. The quantitative estimate of drug-likeness (QED) is 0.803. The van der Waals surface area contributed by atoms with Crippen LogP contribution >= 0.6 is 11.3 Å². The second-order valence-corrected chi connectivity index (χ2v) is 6.28. The molecule has 1 aliphatic carbocycles. The standard InChI is InChI=1S/C14H19NOS/c1-10-12-6-8-17-14(12)5-7-15(10)9-11-3-2-4-13(11)16/h6,8,10-11H,2-5,7,9H2,1H3. The van der Waals surface area contributed by atoms with Crippen molar-refractivity contribution < 1.29 is 4.79 Å². The average Bonchev–Trinajstić information content (AvgIpc) is 2.92. The number of hydrogen-bond acceptors (Lipinski definition) is 3. The van der Waals surface area contributed by atoms with Crippen molar-refractivity contribution in [3.63, 3.8) is 0 Å². The molecule has 0 N–H and O–H groups in total. The lowest BCUT2D eigenvalue weighted by molar-refractivity contribution is -0.121. The number of nitrogens with zero attached hydrogens (tertiary/aromatic N) is 1. The zero-order valence-corrected chi connectivity index (χ0v) is 11.1. The second kappa shape index (κ2) is 4.54. The van der Waals surface area contributed by atoms with Crippen LogP contribution in [0, 0.1) is 5.92 Å². The van der Waals surface area contributed by atoms with Crippen molar-refractivity contribution in [1.82, 2.24) is 4.90 Å². The Bertz CT molecular complexity index is 426. The number of carbonyl (C=O) groups excluding carboxylic acids is 1. The highest BCUT2D eigenvalue weighted by Crippen LogP contribution is 2.34. The lowest BCUT2D eigenvalue weighted by Crippen LogP contribution is -2.37. The SMILES string of the molecule is CC1c2ccsc2CCN1CC1CCCC1=O. The number of carbonyl (C=O) groups is 1. The van der Waals surface area contributed by atoms with Crippen LogP contribution < -0.4 is 0 Å². The zero-order chi connectivity index (χ0) is 11.8. The number of fused-ring (bicyclic) bond motifs is 1. The largest absolute Gasteiger partial charge is 0.299 e. The molecule has 0 spiro atoms. The molecule has 0 bridgehead atoms. The predicted molar refractivity (Wildman–Crippen MR) is 70.4 cm³/mol. The molecule has 1 fully saturated rings. The summed E-state index contributed by atoms with van der Waals surface area (Å²) in [5.41, 5.74) is 1.49. The summed E-state index contributed by atoms with van der Waals surface area (Å²) >= 11 is 1.88. The van der Waals surface area contributed by atoms with Gasteiger partial charge in [0.05, 0.1) is 0 Å². The van der Waals surface area contributed by atoms with Crippen molar-refractivity contribution in [2.75, 3.05) is 13.1 Å². The molecule has 1 aromatic heterocycles. The Labute approximate surface area is 107 Å². The summed E-state index contributed by atoms with van der Waals surface area (Å²) < 4.78 is 0. The van der Waals surface area contributed by atoms with Gasteiger partial charge in [-0.15, -0.1) is 11.3 Å². The molecule has 2 nitrogen and oxygen atoms in total. The summed E-state index contributed by atoms with van der Waals surface area (Å²) in [7, 11) is 0. The number of thiophene rings is 1. The van der Waals surface area contributed by atoms with Crippen molar-refractivity contribution >= 4 is 17.1 Å². The highest BCUT2D eigenvalue weighted by atomic mass is 32.1. The van der Waals surface area contributed by atoms with E-state index in [1.165, 1.54) is 5.56 Å². The Balaban J connectivity index is 1.71. The third kappa shape index (κ3) is 2.06. The Morgan fingerprint density at radius 1 is 1.47 bits per heavy atom.